The molecule has 0 bridgehead atoms. The normalized spacial score (nSPS) is 23.1. The minimum Gasteiger partial charge on any atom is -0.347 e. The SMILES string of the molecule is CN1CC/C(=N\c2cccc3c2cc(-c2noc(CNC(=O)[C@H]4CC4(C)C)n2)n3CC(F)(F)F)[C@@H](F)C1. The average molecular weight is 521 g/mol. The molecule has 2 fully saturated rings. The van der Waals surface area contributed by atoms with Gasteiger partial charge in [0.15, 0.2) is 6.17 Å². The van der Waals surface area contributed by atoms with Gasteiger partial charge in [-0.05, 0) is 37.1 Å². The smallest absolute Gasteiger partial charge is 0.347 e. The van der Waals surface area contributed by atoms with Gasteiger partial charge in [0.1, 0.15) is 6.54 Å². The quantitative estimate of drug-likeness (QED) is 0.478. The molecule has 8 nitrogen and oxygen atoms in total. The number of likely N-dealkylation sites (tertiary alicyclic amines) is 1. The summed E-state index contributed by atoms with van der Waals surface area (Å²) in [4.78, 5) is 22.9. The van der Waals surface area contributed by atoms with E-state index in [1.54, 1.807) is 18.2 Å². The van der Waals surface area contributed by atoms with Gasteiger partial charge in [0.05, 0.1) is 29.2 Å². The van der Waals surface area contributed by atoms with Crippen molar-refractivity contribution in [1.82, 2.24) is 24.9 Å². The molecule has 1 saturated heterocycles. The molecule has 0 unspecified atom stereocenters. The second-order valence-corrected chi connectivity index (χ2v) is 10.5. The highest BCUT2D eigenvalue weighted by Crippen LogP contribution is 2.51. The maximum absolute atomic E-state index is 14.6. The van der Waals surface area contributed by atoms with Crippen LogP contribution in [0.25, 0.3) is 22.4 Å². The van der Waals surface area contributed by atoms with Crippen LogP contribution in [0, 0.1) is 11.3 Å². The molecule has 1 N–H and O–H groups in total. The van der Waals surface area contributed by atoms with Crippen molar-refractivity contribution >= 4 is 28.2 Å². The number of fused-ring (bicyclic) bond motifs is 1. The largest absolute Gasteiger partial charge is 0.406 e. The molecule has 198 valence electrons. The molecule has 0 radical (unpaired) electrons. The lowest BCUT2D eigenvalue weighted by atomic mass is 10.1. The summed E-state index contributed by atoms with van der Waals surface area (Å²) in [5.74, 6) is -0.173. The molecule has 1 aromatic carbocycles. The lowest BCUT2D eigenvalue weighted by Gasteiger charge is -2.26. The molecular formula is C25H28F4N6O2. The van der Waals surface area contributed by atoms with Gasteiger partial charge in [-0.1, -0.05) is 25.1 Å². The highest BCUT2D eigenvalue weighted by Gasteiger charge is 2.50. The molecule has 3 heterocycles. The zero-order chi connectivity index (χ0) is 26.5. The first-order chi connectivity index (χ1) is 17.4. The minimum absolute atomic E-state index is 0.0247. The molecule has 1 saturated carbocycles. The van der Waals surface area contributed by atoms with Crippen molar-refractivity contribution in [1.29, 1.82) is 0 Å². The number of aromatic nitrogens is 3. The molecule has 2 atom stereocenters. The van der Waals surface area contributed by atoms with E-state index in [2.05, 4.69) is 20.4 Å². The van der Waals surface area contributed by atoms with E-state index in [1.165, 1.54) is 6.07 Å². The fraction of sp³-hybridized carbons (Fsp3) is 0.520. The maximum Gasteiger partial charge on any atom is 0.406 e. The average Bonchev–Trinajstić information content (AvgIpc) is 3.12. The molecular weight excluding hydrogens is 492 g/mol. The molecule has 2 aromatic heterocycles. The molecule has 1 aliphatic carbocycles. The third kappa shape index (κ3) is 5.39. The number of piperidine rings is 1. The molecule has 1 aliphatic heterocycles. The predicted octanol–water partition coefficient (Wildman–Crippen LogP) is 4.66. The Labute approximate surface area is 210 Å². The van der Waals surface area contributed by atoms with E-state index in [0.717, 1.165) is 11.0 Å². The predicted molar refractivity (Wildman–Crippen MR) is 129 cm³/mol. The molecule has 0 spiro atoms. The third-order valence-corrected chi connectivity index (χ3v) is 7.05. The van der Waals surface area contributed by atoms with Crippen LogP contribution in [0.4, 0.5) is 23.2 Å². The Morgan fingerprint density at radius 2 is 2.08 bits per heavy atom. The number of hydrogen-bond acceptors (Lipinski definition) is 6. The number of hydrogen-bond donors (Lipinski definition) is 1. The van der Waals surface area contributed by atoms with Crippen molar-refractivity contribution in [2.75, 3.05) is 20.1 Å². The second-order valence-electron chi connectivity index (χ2n) is 10.5. The summed E-state index contributed by atoms with van der Waals surface area (Å²) >= 11 is 0. The van der Waals surface area contributed by atoms with Crippen LogP contribution in [-0.4, -0.2) is 63.7 Å². The van der Waals surface area contributed by atoms with Crippen LogP contribution in [-0.2, 0) is 17.9 Å². The van der Waals surface area contributed by atoms with Crippen molar-refractivity contribution in [2.45, 2.75) is 52.1 Å². The van der Waals surface area contributed by atoms with Crippen molar-refractivity contribution < 1.29 is 26.9 Å². The Kier molecular flexibility index (Phi) is 6.33. The number of nitrogens with one attached hydrogen (secondary N) is 1. The summed E-state index contributed by atoms with van der Waals surface area (Å²) in [7, 11) is 1.82. The van der Waals surface area contributed by atoms with Gasteiger partial charge in [0.2, 0.25) is 17.6 Å². The Hall–Kier alpha value is -3.28. The molecule has 2 aliphatic rings. The maximum atomic E-state index is 14.6. The molecule has 1 amide bonds. The number of alkyl halides is 4. The van der Waals surface area contributed by atoms with Crippen LogP contribution in [0.5, 0.6) is 0 Å². The van der Waals surface area contributed by atoms with Crippen molar-refractivity contribution in [3.63, 3.8) is 0 Å². The first kappa shape index (κ1) is 25.4. The zero-order valence-corrected chi connectivity index (χ0v) is 20.8. The van der Waals surface area contributed by atoms with Gasteiger partial charge in [-0.3, -0.25) is 9.79 Å². The molecule has 37 heavy (non-hydrogen) atoms. The number of rotatable bonds is 6. The fourth-order valence-corrected chi connectivity index (χ4v) is 4.75. The lowest BCUT2D eigenvalue weighted by molar-refractivity contribution is -0.139. The number of halogens is 4. The van der Waals surface area contributed by atoms with Crippen LogP contribution in [0.2, 0.25) is 0 Å². The van der Waals surface area contributed by atoms with E-state index in [9.17, 15) is 22.4 Å². The van der Waals surface area contributed by atoms with E-state index in [0.29, 0.717) is 29.8 Å². The van der Waals surface area contributed by atoms with Gasteiger partial charge in [-0.25, -0.2) is 4.39 Å². The second kappa shape index (κ2) is 9.23. The molecule has 5 rings (SSSR count). The number of carbonyl (C=O) groups excluding carboxylic acids is 1. The van der Waals surface area contributed by atoms with Gasteiger partial charge in [0, 0.05) is 30.8 Å². The van der Waals surface area contributed by atoms with E-state index in [-0.39, 0.29) is 53.3 Å². The first-order valence-corrected chi connectivity index (χ1v) is 12.1. The number of amides is 1. The highest BCUT2D eigenvalue weighted by atomic mass is 19.4. The van der Waals surface area contributed by atoms with Crippen molar-refractivity contribution in [3.05, 3.63) is 30.2 Å². The zero-order valence-electron chi connectivity index (χ0n) is 20.8. The Bertz CT molecular complexity index is 1360. The number of carbonyl (C=O) groups is 1. The molecule has 3 aromatic rings. The van der Waals surface area contributed by atoms with Crippen LogP contribution in [0.1, 0.15) is 32.6 Å². The summed E-state index contributed by atoms with van der Waals surface area (Å²) in [6.07, 6.45) is -4.54. The van der Waals surface area contributed by atoms with Crippen LogP contribution in [0.3, 0.4) is 0 Å². The minimum atomic E-state index is -4.52. The Morgan fingerprint density at radius 1 is 1.32 bits per heavy atom. The summed E-state index contributed by atoms with van der Waals surface area (Å²) in [6.45, 7) is 3.57. The van der Waals surface area contributed by atoms with Gasteiger partial charge < -0.3 is 19.3 Å². The van der Waals surface area contributed by atoms with E-state index >= 15 is 0 Å². The van der Waals surface area contributed by atoms with Gasteiger partial charge in [-0.15, -0.1) is 0 Å². The summed E-state index contributed by atoms with van der Waals surface area (Å²) < 4.78 is 61.5. The van der Waals surface area contributed by atoms with E-state index < -0.39 is 18.9 Å². The lowest BCUT2D eigenvalue weighted by Crippen LogP contribution is -2.39. The fourth-order valence-electron chi connectivity index (χ4n) is 4.75. The van der Waals surface area contributed by atoms with E-state index in [1.807, 2.05) is 25.8 Å². The van der Waals surface area contributed by atoms with Gasteiger partial charge in [0.25, 0.3) is 0 Å². The van der Waals surface area contributed by atoms with E-state index in [4.69, 9.17) is 4.52 Å². The van der Waals surface area contributed by atoms with Crippen LogP contribution in [0.15, 0.2) is 33.8 Å². The van der Waals surface area contributed by atoms with Gasteiger partial charge in [-0.2, -0.15) is 18.2 Å². The monoisotopic (exact) mass is 520 g/mol. The van der Waals surface area contributed by atoms with Crippen LogP contribution < -0.4 is 5.32 Å². The number of nitrogens with zero attached hydrogens (tertiary/aromatic N) is 5. The topological polar surface area (TPSA) is 88.6 Å². The van der Waals surface area contributed by atoms with Crippen molar-refractivity contribution in [3.8, 4) is 11.5 Å². The number of benzene rings is 1. The highest BCUT2D eigenvalue weighted by molar-refractivity contribution is 5.99. The summed E-state index contributed by atoms with van der Waals surface area (Å²) in [6, 6.07) is 6.31. The Morgan fingerprint density at radius 3 is 2.76 bits per heavy atom. The third-order valence-electron chi connectivity index (χ3n) is 7.05. The summed E-state index contributed by atoms with van der Waals surface area (Å²) in [5.41, 5.74) is 1.06. The standard InChI is InChI=1S/C25H28F4N6O2/c1-24(2)10-15(24)23(36)30-11-21-32-22(33-37-21)20-9-14-17(31-18-7-8-34(3)12-16(18)26)5-4-6-19(14)35(20)13-25(27,28)29/h4-6,9,15-16H,7-8,10-13H2,1-3H3,(H,30,36)/b31-18+/t15-,16+/m1/s1. The van der Waals surface area contributed by atoms with Crippen LogP contribution >= 0.6 is 0 Å². The Balaban J connectivity index is 1.47. The first-order valence-electron chi connectivity index (χ1n) is 12.1. The molecule has 12 heteroatoms. The number of aliphatic imine (C=N–C) groups is 1. The summed E-state index contributed by atoms with van der Waals surface area (Å²) in [5, 5.41) is 7.05. The van der Waals surface area contributed by atoms with Gasteiger partial charge >= 0.3 is 6.18 Å². The van der Waals surface area contributed by atoms with Crippen molar-refractivity contribution in [2.24, 2.45) is 16.3 Å².